The minimum atomic E-state index is 0.304. The first-order valence-corrected chi connectivity index (χ1v) is 8.40. The van der Waals surface area contributed by atoms with E-state index in [1.54, 1.807) is 11.3 Å². The Balaban J connectivity index is 1.54. The molecular weight excluding hydrogens is 302 g/mol. The first kappa shape index (κ1) is 14.7. The van der Waals surface area contributed by atoms with Gasteiger partial charge in [0, 0.05) is 20.2 Å². The summed E-state index contributed by atoms with van der Waals surface area (Å²) in [6.07, 6.45) is 2.58. The summed E-state index contributed by atoms with van der Waals surface area (Å²) in [5.41, 5.74) is 1.06. The predicted molar refractivity (Wildman–Crippen MR) is 90.7 cm³/mol. The number of rotatable bonds is 4. The van der Waals surface area contributed by atoms with Crippen molar-refractivity contribution in [3.8, 4) is 0 Å². The van der Waals surface area contributed by atoms with E-state index >= 15 is 0 Å². The third kappa shape index (κ3) is 3.70. The fourth-order valence-electron chi connectivity index (χ4n) is 2.40. The van der Waals surface area contributed by atoms with E-state index in [0.29, 0.717) is 6.10 Å². The molecule has 0 bridgehead atoms. The molecule has 1 saturated heterocycles. The van der Waals surface area contributed by atoms with Gasteiger partial charge in [-0.1, -0.05) is 12.1 Å². The Morgan fingerprint density at radius 1 is 1.52 bits per heavy atom. The van der Waals surface area contributed by atoms with Gasteiger partial charge in [0.05, 0.1) is 22.9 Å². The van der Waals surface area contributed by atoms with Gasteiger partial charge >= 0.3 is 0 Å². The minimum absolute atomic E-state index is 0.304. The van der Waals surface area contributed by atoms with E-state index in [4.69, 9.17) is 17.0 Å². The summed E-state index contributed by atoms with van der Waals surface area (Å²) < 4.78 is 6.81. The largest absolute Gasteiger partial charge is 0.376 e. The molecule has 0 saturated carbocycles. The molecular formula is C15H19N3OS2. The van der Waals surface area contributed by atoms with Crippen LogP contribution < -0.4 is 5.32 Å². The lowest BCUT2D eigenvalue weighted by Crippen LogP contribution is -2.40. The van der Waals surface area contributed by atoms with Crippen LogP contribution in [-0.2, 0) is 11.3 Å². The standard InChI is InChI=1S/C15H19N3OS2/c1-18(15(20)16-9-11-5-4-8-19-11)10-14-17-12-6-2-3-7-13(12)21-14/h2-3,6-7,11H,4-5,8-10H2,1H3,(H,16,20). The van der Waals surface area contributed by atoms with Gasteiger partial charge in [0.2, 0.25) is 0 Å². The molecule has 1 aliphatic rings. The van der Waals surface area contributed by atoms with Gasteiger partial charge in [0.15, 0.2) is 5.11 Å². The van der Waals surface area contributed by atoms with Crippen molar-refractivity contribution >= 4 is 38.9 Å². The van der Waals surface area contributed by atoms with Crippen LogP contribution in [0.2, 0.25) is 0 Å². The Bertz CT molecular complexity index is 589. The molecule has 1 aromatic carbocycles. The summed E-state index contributed by atoms with van der Waals surface area (Å²) in [6.45, 7) is 2.40. The smallest absolute Gasteiger partial charge is 0.169 e. The molecule has 1 N–H and O–H groups in total. The summed E-state index contributed by atoms with van der Waals surface area (Å²) in [5.74, 6) is 0. The highest BCUT2D eigenvalue weighted by atomic mass is 32.1. The van der Waals surface area contributed by atoms with Crippen molar-refractivity contribution in [2.45, 2.75) is 25.5 Å². The summed E-state index contributed by atoms with van der Waals surface area (Å²) in [4.78, 5) is 6.67. The second kappa shape index (κ2) is 6.68. The minimum Gasteiger partial charge on any atom is -0.376 e. The lowest BCUT2D eigenvalue weighted by Gasteiger charge is -2.21. The number of hydrogen-bond donors (Lipinski definition) is 1. The zero-order valence-corrected chi connectivity index (χ0v) is 13.7. The van der Waals surface area contributed by atoms with Crippen LogP contribution in [0, 0.1) is 0 Å². The first-order valence-electron chi connectivity index (χ1n) is 7.17. The summed E-state index contributed by atoms with van der Waals surface area (Å²) in [6, 6.07) is 8.21. The van der Waals surface area contributed by atoms with Gasteiger partial charge in [-0.2, -0.15) is 0 Å². The van der Waals surface area contributed by atoms with Crippen molar-refractivity contribution in [1.29, 1.82) is 0 Å². The number of benzene rings is 1. The number of ether oxygens (including phenoxy) is 1. The maximum Gasteiger partial charge on any atom is 0.169 e. The molecule has 2 aromatic rings. The SMILES string of the molecule is CN(Cc1nc2ccccc2s1)C(=S)NCC1CCCO1. The van der Waals surface area contributed by atoms with Gasteiger partial charge in [0.25, 0.3) is 0 Å². The number of para-hydroxylation sites is 1. The zero-order valence-electron chi connectivity index (χ0n) is 12.0. The van der Waals surface area contributed by atoms with E-state index < -0.39 is 0 Å². The Kier molecular flexibility index (Phi) is 4.67. The summed E-state index contributed by atoms with van der Waals surface area (Å²) in [7, 11) is 2.00. The van der Waals surface area contributed by atoms with Gasteiger partial charge < -0.3 is 15.0 Å². The molecule has 21 heavy (non-hydrogen) atoms. The molecule has 1 aromatic heterocycles. The molecule has 0 spiro atoms. The number of hydrogen-bond acceptors (Lipinski definition) is 4. The van der Waals surface area contributed by atoms with E-state index in [1.165, 1.54) is 4.70 Å². The number of thiazole rings is 1. The highest BCUT2D eigenvalue weighted by Crippen LogP contribution is 2.22. The number of nitrogens with zero attached hydrogens (tertiary/aromatic N) is 2. The van der Waals surface area contributed by atoms with Crippen LogP contribution in [-0.4, -0.2) is 41.3 Å². The highest BCUT2D eigenvalue weighted by molar-refractivity contribution is 7.80. The highest BCUT2D eigenvalue weighted by Gasteiger charge is 2.16. The molecule has 6 heteroatoms. The first-order chi connectivity index (χ1) is 10.2. The lowest BCUT2D eigenvalue weighted by atomic mass is 10.2. The maximum atomic E-state index is 5.59. The van der Waals surface area contributed by atoms with E-state index in [-0.39, 0.29) is 0 Å². The fourth-order valence-corrected chi connectivity index (χ4v) is 3.57. The van der Waals surface area contributed by atoms with Crippen LogP contribution in [0.25, 0.3) is 10.2 Å². The van der Waals surface area contributed by atoms with Crippen molar-refractivity contribution < 1.29 is 4.74 Å². The van der Waals surface area contributed by atoms with E-state index in [0.717, 1.165) is 48.2 Å². The number of fused-ring (bicyclic) bond motifs is 1. The average molecular weight is 321 g/mol. The van der Waals surface area contributed by atoms with Crippen LogP contribution in [0.3, 0.4) is 0 Å². The van der Waals surface area contributed by atoms with Gasteiger partial charge in [-0.25, -0.2) is 4.98 Å². The van der Waals surface area contributed by atoms with Crippen LogP contribution in [0.15, 0.2) is 24.3 Å². The third-order valence-electron chi connectivity index (χ3n) is 3.56. The Hall–Kier alpha value is -1.24. The molecule has 112 valence electrons. The third-order valence-corrected chi connectivity index (χ3v) is 5.04. The van der Waals surface area contributed by atoms with Gasteiger partial charge in [-0.15, -0.1) is 11.3 Å². The van der Waals surface area contributed by atoms with Crippen LogP contribution >= 0.6 is 23.6 Å². The number of nitrogens with one attached hydrogen (secondary N) is 1. The normalized spacial score (nSPS) is 18.0. The average Bonchev–Trinajstić information content (AvgIpc) is 3.13. The second-order valence-corrected chi connectivity index (χ2v) is 6.75. The molecule has 2 heterocycles. The molecule has 4 nitrogen and oxygen atoms in total. The van der Waals surface area contributed by atoms with E-state index in [9.17, 15) is 0 Å². The van der Waals surface area contributed by atoms with Crippen LogP contribution in [0.4, 0.5) is 0 Å². The Morgan fingerprint density at radius 2 is 2.38 bits per heavy atom. The summed E-state index contributed by atoms with van der Waals surface area (Å²) in [5, 5.41) is 5.13. The fraction of sp³-hybridized carbons (Fsp3) is 0.467. The van der Waals surface area contributed by atoms with Crippen molar-refractivity contribution in [2.24, 2.45) is 0 Å². The molecule has 1 fully saturated rings. The van der Waals surface area contributed by atoms with Crippen LogP contribution in [0.5, 0.6) is 0 Å². The Morgan fingerprint density at radius 3 is 3.14 bits per heavy atom. The van der Waals surface area contributed by atoms with E-state index in [2.05, 4.69) is 16.4 Å². The second-order valence-electron chi connectivity index (χ2n) is 5.25. The van der Waals surface area contributed by atoms with Gasteiger partial charge in [0.1, 0.15) is 5.01 Å². The van der Waals surface area contributed by atoms with Gasteiger partial charge in [-0.05, 0) is 37.2 Å². The summed E-state index contributed by atoms with van der Waals surface area (Å²) >= 11 is 7.15. The number of thiocarbonyl (C=S) groups is 1. The molecule has 1 atom stereocenters. The molecule has 1 aliphatic heterocycles. The van der Waals surface area contributed by atoms with Crippen LogP contribution in [0.1, 0.15) is 17.8 Å². The molecule has 0 aliphatic carbocycles. The van der Waals surface area contributed by atoms with Crippen molar-refractivity contribution in [2.75, 3.05) is 20.2 Å². The van der Waals surface area contributed by atoms with E-state index in [1.807, 2.05) is 30.1 Å². The zero-order chi connectivity index (χ0) is 14.7. The van der Waals surface area contributed by atoms with Gasteiger partial charge in [-0.3, -0.25) is 0 Å². The molecule has 3 rings (SSSR count). The molecule has 0 radical (unpaired) electrons. The van der Waals surface area contributed by atoms with Crippen molar-refractivity contribution in [3.05, 3.63) is 29.3 Å². The predicted octanol–water partition coefficient (Wildman–Crippen LogP) is 2.78. The van der Waals surface area contributed by atoms with Crippen molar-refractivity contribution in [3.63, 3.8) is 0 Å². The molecule has 0 amide bonds. The number of aromatic nitrogens is 1. The van der Waals surface area contributed by atoms with Crippen molar-refractivity contribution in [1.82, 2.24) is 15.2 Å². The lowest BCUT2D eigenvalue weighted by molar-refractivity contribution is 0.113. The Labute approximate surface area is 134 Å². The molecule has 1 unspecified atom stereocenters. The maximum absolute atomic E-state index is 5.59. The quantitative estimate of drug-likeness (QED) is 0.877. The monoisotopic (exact) mass is 321 g/mol. The topological polar surface area (TPSA) is 37.4 Å².